The molecule has 0 aliphatic rings. The van der Waals surface area contributed by atoms with Crippen molar-refractivity contribution < 1.29 is 43.7 Å². The Balaban J connectivity index is 1.88. The number of aromatic nitrogens is 3. The molecule has 12 heteroatoms. The Kier molecular flexibility index (Phi) is 12.0. The van der Waals surface area contributed by atoms with Crippen molar-refractivity contribution in [3.8, 4) is 68.7 Å². The maximum atomic E-state index is 11.3. The smallest absolute Gasteiger partial charge is 0.196 e. The molecular formula is C36H45N3O9. The summed E-state index contributed by atoms with van der Waals surface area (Å²) in [6.07, 6.45) is -1.59. The van der Waals surface area contributed by atoms with Gasteiger partial charge in [0, 0.05) is 36.5 Å². The van der Waals surface area contributed by atoms with E-state index in [1.54, 1.807) is 77.9 Å². The van der Waals surface area contributed by atoms with Crippen molar-refractivity contribution in [2.75, 3.05) is 19.8 Å². The van der Waals surface area contributed by atoms with Crippen LogP contribution in [0.3, 0.4) is 0 Å². The molecule has 4 aromatic rings. The number of phenols is 3. The second-order valence-corrected chi connectivity index (χ2v) is 11.0. The van der Waals surface area contributed by atoms with Crippen molar-refractivity contribution in [1.29, 1.82) is 0 Å². The lowest BCUT2D eigenvalue weighted by atomic mass is 10.1. The van der Waals surface area contributed by atoms with E-state index in [-0.39, 0.29) is 51.4 Å². The van der Waals surface area contributed by atoms with Gasteiger partial charge < -0.3 is 43.7 Å². The van der Waals surface area contributed by atoms with Gasteiger partial charge in [-0.25, -0.2) is 15.0 Å². The number of hydrogen-bond donors (Lipinski definition) is 3. The molecule has 4 rings (SSSR count). The topological polar surface area (TPSA) is 155 Å². The molecule has 258 valence electrons. The fourth-order valence-electron chi connectivity index (χ4n) is 5.05. The molecule has 0 bridgehead atoms. The third-order valence-corrected chi connectivity index (χ3v) is 7.58. The third kappa shape index (κ3) is 8.07. The van der Waals surface area contributed by atoms with Gasteiger partial charge in [-0.15, -0.1) is 0 Å². The van der Waals surface area contributed by atoms with Crippen LogP contribution in [0, 0.1) is 20.8 Å². The highest BCUT2D eigenvalue weighted by atomic mass is 16.7. The predicted molar refractivity (Wildman–Crippen MR) is 180 cm³/mol. The molecule has 0 radical (unpaired) electrons. The number of phenolic OH excluding ortho intramolecular Hbond substituents is 3. The molecule has 3 unspecified atom stereocenters. The average Bonchev–Trinajstić information content (AvgIpc) is 3.04. The third-order valence-electron chi connectivity index (χ3n) is 7.58. The van der Waals surface area contributed by atoms with Crippen LogP contribution in [0.15, 0.2) is 36.4 Å². The van der Waals surface area contributed by atoms with Crippen LogP contribution in [0.1, 0.15) is 58.2 Å². The SMILES string of the molecule is CCOC(C)Oc1ccc(-c2nc(-c3ccc(OC(C)OCC)c(C)c3O)nc(-c3ccc(OC(C)OCC)c(C)c3O)n2)c(O)c1C. The number of benzene rings is 3. The van der Waals surface area contributed by atoms with Crippen molar-refractivity contribution >= 4 is 0 Å². The van der Waals surface area contributed by atoms with E-state index in [1.165, 1.54) is 0 Å². The molecule has 3 atom stereocenters. The summed E-state index contributed by atoms with van der Waals surface area (Å²) in [5.41, 5.74) is 2.23. The maximum absolute atomic E-state index is 11.3. The summed E-state index contributed by atoms with van der Waals surface area (Å²) in [5.74, 6) is 1.28. The minimum absolute atomic E-state index is 0.102. The minimum atomic E-state index is -0.529. The van der Waals surface area contributed by atoms with Gasteiger partial charge in [0.2, 0.25) is 0 Å². The summed E-state index contributed by atoms with van der Waals surface area (Å²) < 4.78 is 34.1. The normalized spacial score (nSPS) is 13.2. The largest absolute Gasteiger partial charge is 0.507 e. The van der Waals surface area contributed by atoms with E-state index < -0.39 is 18.9 Å². The number of aromatic hydroxyl groups is 3. The number of hydrogen-bond acceptors (Lipinski definition) is 12. The Hall–Kier alpha value is -4.65. The minimum Gasteiger partial charge on any atom is -0.507 e. The number of nitrogens with zero attached hydrogens (tertiary/aromatic N) is 3. The quantitative estimate of drug-likeness (QED) is 0.110. The van der Waals surface area contributed by atoms with Gasteiger partial charge in [-0.05, 0) is 98.7 Å². The zero-order valence-electron chi connectivity index (χ0n) is 29.0. The van der Waals surface area contributed by atoms with Crippen LogP contribution in [0.4, 0.5) is 0 Å². The van der Waals surface area contributed by atoms with E-state index in [1.807, 2.05) is 20.8 Å². The molecule has 0 aliphatic heterocycles. The highest BCUT2D eigenvalue weighted by Gasteiger charge is 2.23. The van der Waals surface area contributed by atoms with Crippen LogP contribution in [-0.4, -0.2) is 69.0 Å². The van der Waals surface area contributed by atoms with Crippen molar-refractivity contribution in [3.63, 3.8) is 0 Å². The molecule has 0 amide bonds. The summed E-state index contributed by atoms with van der Waals surface area (Å²) >= 11 is 0. The maximum Gasteiger partial charge on any atom is 0.196 e. The highest BCUT2D eigenvalue weighted by molar-refractivity contribution is 5.77. The molecule has 0 spiro atoms. The lowest BCUT2D eigenvalue weighted by molar-refractivity contribution is -0.0620. The molecular weight excluding hydrogens is 618 g/mol. The summed E-state index contributed by atoms with van der Waals surface area (Å²) in [4.78, 5) is 14.0. The molecule has 0 saturated heterocycles. The van der Waals surface area contributed by atoms with E-state index in [0.717, 1.165) is 0 Å². The predicted octanol–water partition coefficient (Wildman–Crippen LogP) is 7.20. The lowest BCUT2D eigenvalue weighted by Gasteiger charge is -2.19. The van der Waals surface area contributed by atoms with Gasteiger partial charge in [0.1, 0.15) is 34.5 Å². The first-order valence-electron chi connectivity index (χ1n) is 16.0. The molecule has 1 heterocycles. The first kappa shape index (κ1) is 36.2. The Bertz CT molecular complexity index is 1520. The van der Waals surface area contributed by atoms with Crippen LogP contribution in [0.2, 0.25) is 0 Å². The lowest BCUT2D eigenvalue weighted by Crippen LogP contribution is -2.16. The van der Waals surface area contributed by atoms with Crippen LogP contribution < -0.4 is 14.2 Å². The molecule has 3 aromatic carbocycles. The summed E-state index contributed by atoms with van der Waals surface area (Å²) in [5, 5.41) is 34.0. The second kappa shape index (κ2) is 16.0. The molecule has 0 saturated carbocycles. The van der Waals surface area contributed by atoms with Crippen molar-refractivity contribution in [2.45, 2.75) is 81.2 Å². The monoisotopic (exact) mass is 663 g/mol. The molecule has 12 nitrogen and oxygen atoms in total. The van der Waals surface area contributed by atoms with Gasteiger partial charge in [0.25, 0.3) is 0 Å². The average molecular weight is 664 g/mol. The first-order valence-corrected chi connectivity index (χ1v) is 16.0. The van der Waals surface area contributed by atoms with Crippen LogP contribution in [0.5, 0.6) is 34.5 Å². The van der Waals surface area contributed by atoms with Gasteiger partial charge in [0.05, 0.1) is 16.7 Å². The fourth-order valence-corrected chi connectivity index (χ4v) is 5.05. The van der Waals surface area contributed by atoms with E-state index in [2.05, 4.69) is 15.0 Å². The number of ether oxygens (including phenoxy) is 6. The molecule has 0 fully saturated rings. The number of rotatable bonds is 15. The van der Waals surface area contributed by atoms with E-state index in [9.17, 15) is 15.3 Å². The summed E-state index contributed by atoms with van der Waals surface area (Å²) in [6, 6.07) is 9.99. The molecule has 48 heavy (non-hydrogen) atoms. The van der Waals surface area contributed by atoms with Crippen LogP contribution in [-0.2, 0) is 14.2 Å². The molecule has 3 N–H and O–H groups in total. The van der Waals surface area contributed by atoms with Crippen molar-refractivity contribution in [2.24, 2.45) is 0 Å². The fraction of sp³-hybridized carbons (Fsp3) is 0.417. The summed E-state index contributed by atoms with van der Waals surface area (Å²) in [6.45, 7) is 17.4. The second-order valence-electron chi connectivity index (χ2n) is 11.0. The van der Waals surface area contributed by atoms with Crippen LogP contribution >= 0.6 is 0 Å². The highest BCUT2D eigenvalue weighted by Crippen LogP contribution is 2.42. The van der Waals surface area contributed by atoms with Gasteiger partial charge in [0.15, 0.2) is 36.3 Å². The molecule has 0 aliphatic carbocycles. The Morgan fingerprint density at radius 1 is 0.479 bits per heavy atom. The van der Waals surface area contributed by atoms with Crippen molar-refractivity contribution in [3.05, 3.63) is 53.1 Å². The van der Waals surface area contributed by atoms with Gasteiger partial charge in [-0.3, -0.25) is 0 Å². The van der Waals surface area contributed by atoms with Crippen molar-refractivity contribution in [1.82, 2.24) is 15.0 Å². The first-order chi connectivity index (χ1) is 22.9. The molecule has 1 aromatic heterocycles. The Labute approximate surface area is 281 Å². The van der Waals surface area contributed by atoms with E-state index in [0.29, 0.717) is 53.8 Å². The Morgan fingerprint density at radius 2 is 0.729 bits per heavy atom. The zero-order chi connectivity index (χ0) is 35.1. The van der Waals surface area contributed by atoms with Gasteiger partial charge in [-0.1, -0.05) is 0 Å². The van der Waals surface area contributed by atoms with Crippen LogP contribution in [0.25, 0.3) is 34.2 Å². The Morgan fingerprint density at radius 3 is 0.958 bits per heavy atom. The van der Waals surface area contributed by atoms with E-state index in [4.69, 9.17) is 28.4 Å². The van der Waals surface area contributed by atoms with Gasteiger partial charge >= 0.3 is 0 Å². The van der Waals surface area contributed by atoms with Gasteiger partial charge in [-0.2, -0.15) is 0 Å². The standard InChI is InChI=1S/C36H45N3O9/c1-10-43-22(7)46-28-16-13-25(31(40)19(28)4)34-37-35(26-14-17-29(20(5)32(26)41)47-23(8)44-11-2)39-36(38-34)27-15-18-30(21(6)33(27)42)48-24(9)45-12-3/h13-18,22-24,40-42H,10-12H2,1-9H3. The zero-order valence-corrected chi connectivity index (χ0v) is 29.0. The van der Waals surface area contributed by atoms with E-state index >= 15 is 0 Å². The summed E-state index contributed by atoms with van der Waals surface area (Å²) in [7, 11) is 0.